The fourth-order valence-corrected chi connectivity index (χ4v) is 1.18. The standard InChI is InChI=1S/C12H14O2/c1-5-9(2)10-6-11(13-3)8-12(7-10)14-4/h1,6-9H,2-4H3. The van der Waals surface area contributed by atoms with Crippen LogP contribution in [-0.4, -0.2) is 14.2 Å². The molecule has 0 aliphatic carbocycles. The summed E-state index contributed by atoms with van der Waals surface area (Å²) in [5.74, 6) is 4.27. The van der Waals surface area contributed by atoms with Crippen LogP contribution in [0.3, 0.4) is 0 Å². The Bertz CT molecular complexity index is 328. The van der Waals surface area contributed by atoms with Gasteiger partial charge in [-0.15, -0.1) is 6.42 Å². The molecular weight excluding hydrogens is 176 g/mol. The van der Waals surface area contributed by atoms with Crippen LogP contribution in [0.25, 0.3) is 0 Å². The Balaban J connectivity index is 3.12. The minimum atomic E-state index is 0.0685. The van der Waals surface area contributed by atoms with Gasteiger partial charge in [0.25, 0.3) is 0 Å². The summed E-state index contributed by atoms with van der Waals surface area (Å²) in [7, 11) is 3.25. The Kier molecular flexibility index (Phi) is 3.41. The van der Waals surface area contributed by atoms with Crippen LogP contribution in [0.5, 0.6) is 11.5 Å². The molecule has 1 rings (SSSR count). The van der Waals surface area contributed by atoms with Gasteiger partial charge in [0.15, 0.2) is 0 Å². The minimum absolute atomic E-state index is 0.0685. The van der Waals surface area contributed by atoms with Crippen LogP contribution in [0.1, 0.15) is 18.4 Å². The Morgan fingerprint density at radius 3 is 2.00 bits per heavy atom. The zero-order chi connectivity index (χ0) is 10.6. The first-order chi connectivity index (χ1) is 6.71. The highest BCUT2D eigenvalue weighted by Crippen LogP contribution is 2.26. The SMILES string of the molecule is C#CC(C)c1cc(OC)cc(OC)c1. The number of benzene rings is 1. The van der Waals surface area contributed by atoms with E-state index < -0.39 is 0 Å². The lowest BCUT2D eigenvalue weighted by Gasteiger charge is -2.10. The summed E-state index contributed by atoms with van der Waals surface area (Å²) in [4.78, 5) is 0. The highest BCUT2D eigenvalue weighted by Gasteiger charge is 2.06. The van der Waals surface area contributed by atoms with Crippen molar-refractivity contribution in [3.8, 4) is 23.8 Å². The third-order valence-corrected chi connectivity index (χ3v) is 2.12. The lowest BCUT2D eigenvalue weighted by Crippen LogP contribution is -1.93. The van der Waals surface area contributed by atoms with E-state index in [4.69, 9.17) is 15.9 Å². The van der Waals surface area contributed by atoms with E-state index in [2.05, 4.69) is 5.92 Å². The fraction of sp³-hybridized carbons (Fsp3) is 0.333. The topological polar surface area (TPSA) is 18.5 Å². The number of methoxy groups -OCH3 is 2. The monoisotopic (exact) mass is 190 g/mol. The Morgan fingerprint density at radius 2 is 1.64 bits per heavy atom. The van der Waals surface area contributed by atoms with Crippen LogP contribution in [0.2, 0.25) is 0 Å². The first-order valence-corrected chi connectivity index (χ1v) is 4.40. The first-order valence-electron chi connectivity index (χ1n) is 4.40. The third-order valence-electron chi connectivity index (χ3n) is 2.12. The van der Waals surface area contributed by atoms with Crippen LogP contribution in [0.4, 0.5) is 0 Å². The molecule has 1 atom stereocenters. The quantitative estimate of drug-likeness (QED) is 0.681. The molecule has 0 radical (unpaired) electrons. The zero-order valence-corrected chi connectivity index (χ0v) is 8.70. The molecule has 2 heteroatoms. The lowest BCUT2D eigenvalue weighted by atomic mass is 10.0. The van der Waals surface area contributed by atoms with E-state index in [1.807, 2.05) is 25.1 Å². The number of ether oxygens (including phenoxy) is 2. The van der Waals surface area contributed by atoms with Gasteiger partial charge in [-0.1, -0.05) is 5.92 Å². The van der Waals surface area contributed by atoms with Gasteiger partial charge in [-0.2, -0.15) is 0 Å². The van der Waals surface area contributed by atoms with Crippen molar-refractivity contribution in [2.75, 3.05) is 14.2 Å². The number of hydrogen-bond acceptors (Lipinski definition) is 2. The lowest BCUT2D eigenvalue weighted by molar-refractivity contribution is 0.393. The first kappa shape index (κ1) is 10.5. The molecule has 1 aromatic rings. The van der Waals surface area contributed by atoms with E-state index in [9.17, 15) is 0 Å². The van der Waals surface area contributed by atoms with E-state index in [-0.39, 0.29) is 5.92 Å². The van der Waals surface area contributed by atoms with E-state index >= 15 is 0 Å². The van der Waals surface area contributed by atoms with Crippen molar-refractivity contribution in [2.45, 2.75) is 12.8 Å². The summed E-state index contributed by atoms with van der Waals surface area (Å²) in [6, 6.07) is 5.67. The second-order valence-corrected chi connectivity index (χ2v) is 3.03. The van der Waals surface area contributed by atoms with Crippen molar-refractivity contribution < 1.29 is 9.47 Å². The average molecular weight is 190 g/mol. The van der Waals surface area contributed by atoms with Crippen LogP contribution < -0.4 is 9.47 Å². The van der Waals surface area contributed by atoms with Gasteiger partial charge in [0.05, 0.1) is 14.2 Å². The maximum Gasteiger partial charge on any atom is 0.122 e. The number of hydrogen-bond donors (Lipinski definition) is 0. The van der Waals surface area contributed by atoms with Crippen LogP contribution in [-0.2, 0) is 0 Å². The van der Waals surface area contributed by atoms with E-state index in [0.29, 0.717) is 0 Å². The molecule has 0 fully saturated rings. The predicted octanol–water partition coefficient (Wildman–Crippen LogP) is 2.44. The molecule has 0 aromatic heterocycles. The van der Waals surface area contributed by atoms with Gasteiger partial charge in [-0.25, -0.2) is 0 Å². The number of terminal acetylenes is 1. The fourth-order valence-electron chi connectivity index (χ4n) is 1.18. The van der Waals surface area contributed by atoms with Crippen molar-refractivity contribution in [1.29, 1.82) is 0 Å². The highest BCUT2D eigenvalue weighted by atomic mass is 16.5. The average Bonchev–Trinajstić information content (AvgIpc) is 2.27. The molecule has 0 heterocycles. The van der Waals surface area contributed by atoms with E-state index in [1.165, 1.54) is 0 Å². The predicted molar refractivity (Wildman–Crippen MR) is 56.8 cm³/mol. The Hall–Kier alpha value is -1.62. The van der Waals surface area contributed by atoms with Gasteiger partial charge in [0.2, 0.25) is 0 Å². The van der Waals surface area contributed by atoms with Crippen molar-refractivity contribution in [1.82, 2.24) is 0 Å². The van der Waals surface area contributed by atoms with Crippen LogP contribution >= 0.6 is 0 Å². The van der Waals surface area contributed by atoms with Crippen molar-refractivity contribution in [3.63, 3.8) is 0 Å². The molecule has 2 nitrogen and oxygen atoms in total. The second kappa shape index (κ2) is 4.57. The molecule has 1 aromatic carbocycles. The van der Waals surface area contributed by atoms with Gasteiger partial charge >= 0.3 is 0 Å². The number of rotatable bonds is 3. The summed E-state index contributed by atoms with van der Waals surface area (Å²) in [5, 5.41) is 0. The maximum atomic E-state index is 5.36. The maximum absolute atomic E-state index is 5.36. The molecule has 0 saturated heterocycles. The molecule has 14 heavy (non-hydrogen) atoms. The molecule has 0 aliphatic rings. The molecule has 0 bridgehead atoms. The van der Waals surface area contributed by atoms with Gasteiger partial charge in [-0.05, 0) is 24.6 Å². The van der Waals surface area contributed by atoms with Crippen LogP contribution in [0.15, 0.2) is 18.2 Å². The smallest absolute Gasteiger partial charge is 0.122 e. The van der Waals surface area contributed by atoms with Gasteiger partial charge in [0.1, 0.15) is 11.5 Å². The normalized spacial score (nSPS) is 11.6. The van der Waals surface area contributed by atoms with Gasteiger partial charge in [0, 0.05) is 12.0 Å². The van der Waals surface area contributed by atoms with Gasteiger partial charge in [-0.3, -0.25) is 0 Å². The summed E-state index contributed by atoms with van der Waals surface area (Å²) >= 11 is 0. The molecule has 0 aliphatic heterocycles. The van der Waals surface area contributed by atoms with E-state index in [1.54, 1.807) is 14.2 Å². The zero-order valence-electron chi connectivity index (χ0n) is 8.70. The molecule has 0 saturated carbocycles. The Labute approximate surface area is 84.8 Å². The summed E-state index contributed by atoms with van der Waals surface area (Å²) in [6.45, 7) is 1.97. The molecular formula is C12H14O2. The molecule has 0 amide bonds. The van der Waals surface area contributed by atoms with Crippen molar-refractivity contribution in [3.05, 3.63) is 23.8 Å². The largest absolute Gasteiger partial charge is 0.497 e. The second-order valence-electron chi connectivity index (χ2n) is 3.03. The van der Waals surface area contributed by atoms with Crippen molar-refractivity contribution in [2.24, 2.45) is 0 Å². The molecule has 0 spiro atoms. The summed E-state index contributed by atoms with van der Waals surface area (Å²) in [5.41, 5.74) is 1.03. The van der Waals surface area contributed by atoms with E-state index in [0.717, 1.165) is 17.1 Å². The highest BCUT2D eigenvalue weighted by molar-refractivity contribution is 5.41. The molecule has 0 N–H and O–H groups in total. The third kappa shape index (κ3) is 2.20. The molecule has 1 unspecified atom stereocenters. The molecule has 74 valence electrons. The van der Waals surface area contributed by atoms with Crippen molar-refractivity contribution >= 4 is 0 Å². The summed E-state index contributed by atoms with van der Waals surface area (Å²) < 4.78 is 10.3. The Morgan fingerprint density at radius 1 is 1.14 bits per heavy atom. The minimum Gasteiger partial charge on any atom is -0.497 e. The van der Waals surface area contributed by atoms with Gasteiger partial charge < -0.3 is 9.47 Å². The summed E-state index contributed by atoms with van der Waals surface area (Å²) in [6.07, 6.45) is 5.36. The van der Waals surface area contributed by atoms with Crippen LogP contribution in [0, 0.1) is 12.3 Å².